The summed E-state index contributed by atoms with van der Waals surface area (Å²) in [6.07, 6.45) is -9.29. The fourth-order valence-electron chi connectivity index (χ4n) is 4.21. The van der Waals surface area contributed by atoms with Gasteiger partial charge in [-0.3, -0.25) is 24.0 Å². The fourth-order valence-corrected chi connectivity index (χ4v) is 4.21. The molecule has 0 fully saturated rings. The number of carbonyl (C=O) groups is 5. The molecule has 2 unspecified atom stereocenters. The van der Waals surface area contributed by atoms with Crippen LogP contribution in [0.2, 0.25) is 0 Å². The molecule has 0 saturated carbocycles. The minimum absolute atomic E-state index is 0.0344. The van der Waals surface area contributed by atoms with E-state index in [9.17, 15) is 42.3 Å². The van der Waals surface area contributed by atoms with E-state index in [1.54, 1.807) is 74.5 Å². The Kier molecular flexibility index (Phi) is 14.2. The maximum Gasteiger partial charge on any atom is 0.416 e. The maximum absolute atomic E-state index is 13.4. The molecule has 0 aliphatic rings. The predicted octanol–water partition coefficient (Wildman–Crippen LogP) is 1.08. The molecule has 0 radical (unpaired) electrons. The molecule has 46 heavy (non-hydrogen) atoms. The van der Waals surface area contributed by atoms with Crippen LogP contribution in [0.3, 0.4) is 0 Å². The van der Waals surface area contributed by atoms with Crippen LogP contribution < -0.4 is 27.0 Å². The summed E-state index contributed by atoms with van der Waals surface area (Å²) in [5.41, 5.74) is 6.24. The molecule has 14 heteroatoms. The molecular formula is C32H38F3N5O6. The van der Waals surface area contributed by atoms with Gasteiger partial charge in [0, 0.05) is 24.3 Å². The van der Waals surface area contributed by atoms with E-state index in [2.05, 4.69) is 27.8 Å². The molecule has 0 aromatic heterocycles. The van der Waals surface area contributed by atoms with Crippen molar-refractivity contribution in [2.75, 3.05) is 0 Å². The van der Waals surface area contributed by atoms with Crippen LogP contribution in [0.25, 0.3) is 0 Å². The number of benzene rings is 2. The molecule has 0 bridgehead atoms. The van der Waals surface area contributed by atoms with E-state index in [0.29, 0.717) is 11.1 Å². The first-order valence-corrected chi connectivity index (χ1v) is 14.4. The zero-order valence-electron chi connectivity index (χ0n) is 25.6. The number of rotatable bonds is 14. The van der Waals surface area contributed by atoms with Crippen molar-refractivity contribution in [1.82, 2.24) is 21.3 Å². The SMILES string of the molecule is CC(C)[C@H](NC(=O)C#Cc1ccccc1)C(=O)N[C@@H](Cc1ccccc1)C(=O)N[C@@H](C)C(=O)NC(CCC(N)=O)C(O)C(F)(F)F. The smallest absolute Gasteiger partial charge is 0.382 e. The van der Waals surface area contributed by atoms with Gasteiger partial charge in [0.1, 0.15) is 18.1 Å². The minimum atomic E-state index is -5.11. The maximum atomic E-state index is 13.4. The number of primary amides is 1. The average molecular weight is 646 g/mol. The topological polar surface area (TPSA) is 180 Å². The number of amides is 5. The molecule has 2 aromatic carbocycles. The van der Waals surface area contributed by atoms with Gasteiger partial charge in [-0.25, -0.2) is 0 Å². The third-order valence-corrected chi connectivity index (χ3v) is 6.74. The summed E-state index contributed by atoms with van der Waals surface area (Å²) in [6.45, 7) is 4.55. The lowest BCUT2D eigenvalue weighted by Crippen LogP contribution is -2.59. The summed E-state index contributed by atoms with van der Waals surface area (Å²) >= 11 is 0. The van der Waals surface area contributed by atoms with E-state index < -0.39 is 84.7 Å². The largest absolute Gasteiger partial charge is 0.416 e. The second kappa shape index (κ2) is 17.6. The van der Waals surface area contributed by atoms with Crippen molar-refractivity contribution < 1.29 is 42.3 Å². The van der Waals surface area contributed by atoms with Crippen LogP contribution in [0.15, 0.2) is 60.7 Å². The van der Waals surface area contributed by atoms with Crippen LogP contribution in [0, 0.1) is 17.8 Å². The number of aliphatic hydroxyl groups is 1. The van der Waals surface area contributed by atoms with Crippen molar-refractivity contribution in [3.8, 4) is 11.8 Å². The van der Waals surface area contributed by atoms with E-state index in [1.165, 1.54) is 6.92 Å². The molecule has 5 amide bonds. The van der Waals surface area contributed by atoms with E-state index in [4.69, 9.17) is 5.73 Å². The van der Waals surface area contributed by atoms with Crippen molar-refractivity contribution in [2.45, 2.75) is 76.5 Å². The van der Waals surface area contributed by atoms with Crippen LogP contribution in [0.5, 0.6) is 0 Å². The molecule has 248 valence electrons. The van der Waals surface area contributed by atoms with Crippen molar-refractivity contribution in [3.05, 3.63) is 71.8 Å². The predicted molar refractivity (Wildman–Crippen MR) is 162 cm³/mol. The lowest BCUT2D eigenvalue weighted by molar-refractivity contribution is -0.212. The van der Waals surface area contributed by atoms with Gasteiger partial charge in [0.05, 0.1) is 6.04 Å². The van der Waals surface area contributed by atoms with Gasteiger partial charge < -0.3 is 32.1 Å². The van der Waals surface area contributed by atoms with Gasteiger partial charge >= 0.3 is 6.18 Å². The van der Waals surface area contributed by atoms with Gasteiger partial charge in [-0.15, -0.1) is 0 Å². The molecule has 5 atom stereocenters. The van der Waals surface area contributed by atoms with Gasteiger partial charge in [-0.05, 0) is 37.0 Å². The van der Waals surface area contributed by atoms with Crippen molar-refractivity contribution in [1.29, 1.82) is 0 Å². The molecule has 7 N–H and O–H groups in total. The van der Waals surface area contributed by atoms with E-state index in [1.807, 2.05) is 5.32 Å². The number of alkyl halides is 3. The molecule has 0 saturated heterocycles. The van der Waals surface area contributed by atoms with E-state index in [0.717, 1.165) is 0 Å². The highest BCUT2D eigenvalue weighted by Crippen LogP contribution is 2.24. The standard InChI is InChI=1S/C32H38F3N5O6/c1-19(2)27(40-26(42)17-14-21-10-6-4-7-11-21)31(46)39-24(18-22-12-8-5-9-13-22)30(45)37-20(3)29(44)38-23(15-16-25(36)41)28(43)32(33,34)35/h4-13,19-20,23-24,27-28,43H,15-16,18H2,1-3H3,(H2,36,41)(H,37,45)(H,38,44)(H,39,46)(H,40,42)/t20-,23?,24-,27-,28?/m0/s1. The quantitative estimate of drug-likeness (QED) is 0.167. The number of aliphatic hydroxyl groups excluding tert-OH is 1. The van der Waals surface area contributed by atoms with Crippen LogP contribution in [0.1, 0.15) is 44.7 Å². The highest BCUT2D eigenvalue weighted by molar-refractivity contribution is 5.98. The number of carbonyl (C=O) groups excluding carboxylic acids is 5. The number of hydrogen-bond acceptors (Lipinski definition) is 6. The van der Waals surface area contributed by atoms with Crippen LogP contribution in [-0.2, 0) is 30.4 Å². The summed E-state index contributed by atoms with van der Waals surface area (Å²) in [4.78, 5) is 63.2. The minimum Gasteiger partial charge on any atom is -0.382 e. The summed E-state index contributed by atoms with van der Waals surface area (Å²) < 4.78 is 39.5. The first-order chi connectivity index (χ1) is 21.6. The Balaban J connectivity index is 2.20. The zero-order chi connectivity index (χ0) is 34.4. The second-order valence-electron chi connectivity index (χ2n) is 10.9. The molecule has 0 aliphatic carbocycles. The van der Waals surface area contributed by atoms with Crippen molar-refractivity contribution in [3.63, 3.8) is 0 Å². The molecule has 0 aliphatic heterocycles. The highest BCUT2D eigenvalue weighted by atomic mass is 19.4. The van der Waals surface area contributed by atoms with Crippen LogP contribution >= 0.6 is 0 Å². The Labute approximate surface area is 264 Å². The summed E-state index contributed by atoms with van der Waals surface area (Å²) in [6, 6.07) is 11.6. The second-order valence-corrected chi connectivity index (χ2v) is 10.9. The molecule has 2 aromatic rings. The van der Waals surface area contributed by atoms with Gasteiger partial charge in [-0.2, -0.15) is 13.2 Å². The molecule has 0 heterocycles. The summed E-state index contributed by atoms with van der Waals surface area (Å²) in [7, 11) is 0. The highest BCUT2D eigenvalue weighted by Gasteiger charge is 2.44. The average Bonchev–Trinajstić information content (AvgIpc) is 3.00. The molecule has 11 nitrogen and oxygen atoms in total. The number of nitrogens with one attached hydrogen (secondary N) is 4. The van der Waals surface area contributed by atoms with Gasteiger partial charge in [0.25, 0.3) is 5.91 Å². The third kappa shape index (κ3) is 12.6. The summed E-state index contributed by atoms with van der Waals surface area (Å²) in [5, 5.41) is 19.2. The Bertz CT molecular complexity index is 1410. The fraction of sp³-hybridized carbons (Fsp3) is 0.406. The number of nitrogens with two attached hydrogens (primary N) is 1. The Morgan fingerprint density at radius 2 is 1.41 bits per heavy atom. The first kappa shape index (κ1) is 37.3. The number of hydrogen-bond donors (Lipinski definition) is 6. The molecule has 0 spiro atoms. The Morgan fingerprint density at radius 1 is 0.826 bits per heavy atom. The molecule has 2 rings (SSSR count). The molecular weight excluding hydrogens is 607 g/mol. The van der Waals surface area contributed by atoms with E-state index in [-0.39, 0.29) is 6.42 Å². The van der Waals surface area contributed by atoms with Crippen molar-refractivity contribution >= 4 is 29.5 Å². The van der Waals surface area contributed by atoms with Gasteiger partial charge in [-0.1, -0.05) is 68.3 Å². The lowest BCUT2D eigenvalue weighted by atomic mass is 10.0. The van der Waals surface area contributed by atoms with Crippen molar-refractivity contribution in [2.24, 2.45) is 11.7 Å². The first-order valence-electron chi connectivity index (χ1n) is 14.4. The van der Waals surface area contributed by atoms with Gasteiger partial charge in [0.2, 0.25) is 23.6 Å². The van der Waals surface area contributed by atoms with E-state index >= 15 is 0 Å². The monoisotopic (exact) mass is 645 g/mol. The lowest BCUT2D eigenvalue weighted by Gasteiger charge is -2.28. The zero-order valence-corrected chi connectivity index (χ0v) is 25.6. The normalized spacial score (nSPS) is 14.3. The summed E-state index contributed by atoms with van der Waals surface area (Å²) in [5.74, 6) is 0.397. The Morgan fingerprint density at radius 3 is 1.96 bits per heavy atom. The number of halogens is 3. The third-order valence-electron chi connectivity index (χ3n) is 6.74. The van der Waals surface area contributed by atoms with Crippen LogP contribution in [0.4, 0.5) is 13.2 Å². The Hall–Kier alpha value is -4.90. The van der Waals surface area contributed by atoms with Crippen LogP contribution in [-0.4, -0.2) is 71.1 Å². The van der Waals surface area contributed by atoms with Gasteiger partial charge in [0.15, 0.2) is 6.10 Å².